The van der Waals surface area contributed by atoms with Gasteiger partial charge in [-0.05, 0) is 32.1 Å². The molecule has 1 aliphatic rings. The largest absolute Gasteiger partial charge is 0.340 e. The summed E-state index contributed by atoms with van der Waals surface area (Å²) in [6.07, 6.45) is 7.33. The predicted octanol–water partition coefficient (Wildman–Crippen LogP) is 2.29. The van der Waals surface area contributed by atoms with Gasteiger partial charge < -0.3 is 10.6 Å². The lowest BCUT2D eigenvalue weighted by Gasteiger charge is -2.36. The normalized spacial score (nSPS) is 23.2. The van der Waals surface area contributed by atoms with Crippen LogP contribution < -0.4 is 5.73 Å². The highest BCUT2D eigenvalue weighted by molar-refractivity contribution is 5.77. The first-order valence-corrected chi connectivity index (χ1v) is 6.74. The van der Waals surface area contributed by atoms with E-state index in [-0.39, 0.29) is 11.9 Å². The highest BCUT2D eigenvalue weighted by Crippen LogP contribution is 2.21. The van der Waals surface area contributed by atoms with Crippen LogP contribution in [-0.2, 0) is 4.79 Å². The molecule has 3 nitrogen and oxygen atoms in total. The van der Waals surface area contributed by atoms with E-state index in [0.29, 0.717) is 12.5 Å². The highest BCUT2D eigenvalue weighted by atomic mass is 16.2. The van der Waals surface area contributed by atoms with Crippen molar-refractivity contribution in [3.8, 4) is 0 Å². The van der Waals surface area contributed by atoms with Crippen molar-refractivity contribution >= 4 is 5.91 Å². The van der Waals surface area contributed by atoms with Crippen molar-refractivity contribution in [1.29, 1.82) is 0 Å². The molecule has 0 aliphatic carbocycles. The van der Waals surface area contributed by atoms with Gasteiger partial charge >= 0.3 is 0 Å². The van der Waals surface area contributed by atoms with Gasteiger partial charge in [0.05, 0.1) is 0 Å². The van der Waals surface area contributed by atoms with Crippen molar-refractivity contribution in [2.75, 3.05) is 6.54 Å². The maximum atomic E-state index is 12.1. The SMILES string of the molecule is CCCC1CCCCN1C(=O)CC(N)CC. The summed E-state index contributed by atoms with van der Waals surface area (Å²) in [5, 5.41) is 0. The van der Waals surface area contributed by atoms with E-state index in [1.165, 1.54) is 12.8 Å². The van der Waals surface area contributed by atoms with E-state index in [9.17, 15) is 4.79 Å². The monoisotopic (exact) mass is 226 g/mol. The van der Waals surface area contributed by atoms with Crippen molar-refractivity contribution < 1.29 is 4.79 Å². The van der Waals surface area contributed by atoms with Crippen LogP contribution in [0.5, 0.6) is 0 Å². The molecule has 1 rings (SSSR count). The molecule has 0 spiro atoms. The van der Waals surface area contributed by atoms with Crippen LogP contribution in [0.15, 0.2) is 0 Å². The Morgan fingerprint density at radius 3 is 2.81 bits per heavy atom. The third-order valence-corrected chi connectivity index (χ3v) is 3.53. The van der Waals surface area contributed by atoms with Crippen LogP contribution in [0, 0.1) is 0 Å². The van der Waals surface area contributed by atoms with Crippen LogP contribution in [0.4, 0.5) is 0 Å². The zero-order chi connectivity index (χ0) is 12.0. The number of nitrogens with two attached hydrogens (primary N) is 1. The van der Waals surface area contributed by atoms with E-state index in [4.69, 9.17) is 5.73 Å². The quantitative estimate of drug-likeness (QED) is 0.782. The third-order valence-electron chi connectivity index (χ3n) is 3.53. The van der Waals surface area contributed by atoms with Gasteiger partial charge in [0.2, 0.25) is 5.91 Å². The first-order chi connectivity index (χ1) is 7.69. The second kappa shape index (κ2) is 6.89. The molecule has 1 amide bonds. The fourth-order valence-corrected chi connectivity index (χ4v) is 2.45. The van der Waals surface area contributed by atoms with Gasteiger partial charge in [-0.15, -0.1) is 0 Å². The lowest BCUT2D eigenvalue weighted by atomic mass is 9.97. The molecule has 3 heteroatoms. The Morgan fingerprint density at radius 2 is 2.19 bits per heavy atom. The molecule has 2 N–H and O–H groups in total. The zero-order valence-electron chi connectivity index (χ0n) is 10.7. The fraction of sp³-hybridized carbons (Fsp3) is 0.923. The molecule has 1 aliphatic heterocycles. The number of likely N-dealkylation sites (tertiary alicyclic amines) is 1. The van der Waals surface area contributed by atoms with Crippen LogP contribution in [0.25, 0.3) is 0 Å². The van der Waals surface area contributed by atoms with E-state index in [0.717, 1.165) is 32.2 Å². The van der Waals surface area contributed by atoms with E-state index in [1.807, 2.05) is 6.92 Å². The van der Waals surface area contributed by atoms with E-state index >= 15 is 0 Å². The molecule has 0 bridgehead atoms. The number of nitrogens with zero attached hydrogens (tertiary/aromatic N) is 1. The summed E-state index contributed by atoms with van der Waals surface area (Å²) in [6.45, 7) is 5.17. The maximum Gasteiger partial charge on any atom is 0.224 e. The number of hydrogen-bond donors (Lipinski definition) is 1. The number of rotatable bonds is 5. The van der Waals surface area contributed by atoms with E-state index in [2.05, 4.69) is 11.8 Å². The summed E-state index contributed by atoms with van der Waals surface area (Å²) in [5.74, 6) is 0.271. The number of amides is 1. The Hall–Kier alpha value is -0.570. The van der Waals surface area contributed by atoms with Crippen LogP contribution in [0.1, 0.15) is 58.8 Å². The average molecular weight is 226 g/mol. The number of hydrogen-bond acceptors (Lipinski definition) is 2. The molecule has 16 heavy (non-hydrogen) atoms. The summed E-state index contributed by atoms with van der Waals surface area (Å²) < 4.78 is 0. The molecule has 1 fully saturated rings. The molecule has 2 unspecified atom stereocenters. The molecule has 2 atom stereocenters. The molecule has 0 aromatic carbocycles. The lowest BCUT2D eigenvalue weighted by molar-refractivity contribution is -0.135. The summed E-state index contributed by atoms with van der Waals surface area (Å²) >= 11 is 0. The Morgan fingerprint density at radius 1 is 1.44 bits per heavy atom. The van der Waals surface area contributed by atoms with Gasteiger partial charge in [-0.25, -0.2) is 0 Å². The van der Waals surface area contributed by atoms with E-state index < -0.39 is 0 Å². The van der Waals surface area contributed by atoms with Gasteiger partial charge in [0.25, 0.3) is 0 Å². The minimum absolute atomic E-state index is 0.0386. The number of piperidine rings is 1. The van der Waals surface area contributed by atoms with Crippen molar-refractivity contribution in [2.24, 2.45) is 5.73 Å². The van der Waals surface area contributed by atoms with Crippen LogP contribution in [0.2, 0.25) is 0 Å². The predicted molar refractivity (Wildman–Crippen MR) is 67.1 cm³/mol. The van der Waals surface area contributed by atoms with Crippen LogP contribution in [0.3, 0.4) is 0 Å². The van der Waals surface area contributed by atoms with Gasteiger partial charge in [-0.3, -0.25) is 4.79 Å². The van der Waals surface area contributed by atoms with Gasteiger partial charge in [-0.2, -0.15) is 0 Å². The van der Waals surface area contributed by atoms with Crippen LogP contribution >= 0.6 is 0 Å². The summed E-state index contributed by atoms with van der Waals surface area (Å²) in [5.41, 5.74) is 5.85. The van der Waals surface area contributed by atoms with Crippen LogP contribution in [-0.4, -0.2) is 29.4 Å². The fourth-order valence-electron chi connectivity index (χ4n) is 2.45. The highest BCUT2D eigenvalue weighted by Gasteiger charge is 2.26. The molecular formula is C13H26N2O. The summed E-state index contributed by atoms with van der Waals surface area (Å²) in [7, 11) is 0. The number of carbonyl (C=O) groups is 1. The first-order valence-electron chi connectivity index (χ1n) is 6.74. The number of carbonyl (C=O) groups excluding carboxylic acids is 1. The molecule has 94 valence electrons. The van der Waals surface area contributed by atoms with Crippen molar-refractivity contribution in [3.05, 3.63) is 0 Å². The second-order valence-electron chi connectivity index (χ2n) is 4.90. The average Bonchev–Trinajstić information content (AvgIpc) is 2.30. The Labute approximate surface area is 99.4 Å². The van der Waals surface area contributed by atoms with Gasteiger partial charge in [-0.1, -0.05) is 20.3 Å². The standard InChI is InChI=1S/C13H26N2O/c1-3-7-12-8-5-6-9-15(12)13(16)10-11(14)4-2/h11-12H,3-10,14H2,1-2H3. The maximum absolute atomic E-state index is 12.1. The van der Waals surface area contributed by atoms with Crippen molar-refractivity contribution in [3.63, 3.8) is 0 Å². The Balaban J connectivity index is 2.50. The zero-order valence-corrected chi connectivity index (χ0v) is 10.7. The van der Waals surface area contributed by atoms with Gasteiger partial charge in [0.15, 0.2) is 0 Å². The lowest BCUT2D eigenvalue weighted by Crippen LogP contribution is -2.45. The van der Waals surface area contributed by atoms with Gasteiger partial charge in [0.1, 0.15) is 0 Å². The van der Waals surface area contributed by atoms with E-state index in [1.54, 1.807) is 0 Å². The Bertz CT molecular complexity index is 216. The summed E-state index contributed by atoms with van der Waals surface area (Å²) in [6, 6.07) is 0.520. The molecule has 0 radical (unpaired) electrons. The second-order valence-corrected chi connectivity index (χ2v) is 4.90. The minimum Gasteiger partial charge on any atom is -0.340 e. The van der Waals surface area contributed by atoms with Gasteiger partial charge in [0, 0.05) is 25.0 Å². The molecule has 1 saturated heterocycles. The summed E-state index contributed by atoms with van der Waals surface area (Å²) in [4.78, 5) is 14.2. The first kappa shape index (κ1) is 13.5. The smallest absolute Gasteiger partial charge is 0.224 e. The molecule has 1 heterocycles. The molecular weight excluding hydrogens is 200 g/mol. The third kappa shape index (κ3) is 3.78. The van der Waals surface area contributed by atoms with Crippen molar-refractivity contribution in [2.45, 2.75) is 70.9 Å². The topological polar surface area (TPSA) is 46.3 Å². The van der Waals surface area contributed by atoms with Crippen molar-refractivity contribution in [1.82, 2.24) is 4.90 Å². The molecule has 0 saturated carbocycles. The Kier molecular flexibility index (Phi) is 5.81. The molecule has 0 aromatic rings. The minimum atomic E-state index is 0.0386. The molecule has 0 aromatic heterocycles.